The van der Waals surface area contributed by atoms with Crippen molar-refractivity contribution in [3.63, 3.8) is 0 Å². The fourth-order valence-electron chi connectivity index (χ4n) is 2.03. The average molecular weight is 353 g/mol. The number of hydrogen-bond donors (Lipinski definition) is 2. The third kappa shape index (κ3) is 4.24. The Morgan fingerprint density at radius 2 is 1.91 bits per heavy atom. The molecule has 0 aliphatic carbocycles. The number of aryl methyl sites for hydroxylation is 1. The van der Waals surface area contributed by atoms with E-state index in [1.54, 1.807) is 38.1 Å². The van der Waals surface area contributed by atoms with E-state index in [1.807, 2.05) is 0 Å². The Morgan fingerprint density at radius 1 is 1.17 bits per heavy atom. The van der Waals surface area contributed by atoms with Gasteiger partial charge in [-0.25, -0.2) is 8.42 Å². The largest absolute Gasteiger partial charge is 0.352 e. The maximum absolute atomic E-state index is 12.5. The summed E-state index contributed by atoms with van der Waals surface area (Å²) in [5.74, 6) is -0.301. The molecule has 0 unspecified atom stereocenters. The molecule has 0 aliphatic rings. The first-order valence-electron chi connectivity index (χ1n) is 7.00. The highest BCUT2D eigenvalue weighted by atomic mass is 35.5. The second kappa shape index (κ2) is 7.02. The molecule has 0 spiro atoms. The van der Waals surface area contributed by atoms with E-state index in [4.69, 9.17) is 11.6 Å². The molecule has 0 radical (unpaired) electrons. The lowest BCUT2D eigenvalue weighted by atomic mass is 10.1. The maximum Gasteiger partial charge on any atom is 0.261 e. The minimum atomic E-state index is -3.81. The second-order valence-electron chi connectivity index (χ2n) is 4.95. The summed E-state index contributed by atoms with van der Waals surface area (Å²) in [6.45, 7) is 4.02. The second-order valence-corrected chi connectivity index (χ2v) is 7.07. The fraction of sp³-hybridized carbons (Fsp3) is 0.188. The van der Waals surface area contributed by atoms with Crippen LogP contribution < -0.4 is 10.0 Å². The Bertz CT molecular complexity index is 835. The van der Waals surface area contributed by atoms with Crippen LogP contribution in [0.4, 0.5) is 5.69 Å². The van der Waals surface area contributed by atoms with Crippen LogP contribution in [0.5, 0.6) is 0 Å². The molecule has 2 N–H and O–H groups in total. The van der Waals surface area contributed by atoms with Crippen molar-refractivity contribution in [1.82, 2.24) is 5.32 Å². The van der Waals surface area contributed by atoms with E-state index >= 15 is 0 Å². The van der Waals surface area contributed by atoms with Gasteiger partial charge < -0.3 is 5.32 Å². The van der Waals surface area contributed by atoms with Crippen LogP contribution in [0.1, 0.15) is 22.8 Å². The van der Waals surface area contributed by atoms with Crippen molar-refractivity contribution >= 4 is 33.2 Å². The summed E-state index contributed by atoms with van der Waals surface area (Å²) < 4.78 is 27.4. The standard InChI is InChI=1S/C16H17ClN2O3S/c1-3-18-16(20)15-10-14(8-7-11(15)2)23(21,22)19-13-6-4-5-12(17)9-13/h4-10,19H,3H2,1-2H3,(H,18,20). The van der Waals surface area contributed by atoms with Crippen LogP contribution in [-0.2, 0) is 10.0 Å². The molecule has 0 aromatic heterocycles. The SMILES string of the molecule is CCNC(=O)c1cc(S(=O)(=O)Nc2cccc(Cl)c2)ccc1C. The van der Waals surface area contributed by atoms with Gasteiger partial charge in [-0.3, -0.25) is 9.52 Å². The lowest BCUT2D eigenvalue weighted by Crippen LogP contribution is -2.24. The van der Waals surface area contributed by atoms with Crippen LogP contribution in [0, 0.1) is 6.92 Å². The number of sulfonamides is 1. The molecule has 5 nitrogen and oxygen atoms in total. The molecule has 0 saturated heterocycles. The van der Waals surface area contributed by atoms with Gasteiger partial charge in [-0.1, -0.05) is 23.7 Å². The third-order valence-electron chi connectivity index (χ3n) is 3.18. The molecule has 7 heteroatoms. The minimum absolute atomic E-state index is 0.0179. The number of halogens is 1. The zero-order chi connectivity index (χ0) is 17.0. The molecule has 23 heavy (non-hydrogen) atoms. The number of carbonyl (C=O) groups is 1. The summed E-state index contributed by atoms with van der Waals surface area (Å²) >= 11 is 5.85. The topological polar surface area (TPSA) is 75.3 Å². The highest BCUT2D eigenvalue weighted by Crippen LogP contribution is 2.21. The number of rotatable bonds is 5. The van der Waals surface area contributed by atoms with Gasteiger partial charge >= 0.3 is 0 Å². The predicted octanol–water partition coefficient (Wildman–Crippen LogP) is 3.20. The van der Waals surface area contributed by atoms with Crippen LogP contribution in [0.15, 0.2) is 47.4 Å². The van der Waals surface area contributed by atoms with Crippen LogP contribution in [0.2, 0.25) is 5.02 Å². The lowest BCUT2D eigenvalue weighted by molar-refractivity contribution is 0.0955. The molecule has 0 bridgehead atoms. The van der Waals surface area contributed by atoms with Gasteiger partial charge in [0.25, 0.3) is 15.9 Å². The Hall–Kier alpha value is -2.05. The van der Waals surface area contributed by atoms with Crippen LogP contribution in [0.25, 0.3) is 0 Å². The summed E-state index contributed by atoms with van der Waals surface area (Å²) in [7, 11) is -3.81. The van der Waals surface area contributed by atoms with Crippen molar-refractivity contribution in [1.29, 1.82) is 0 Å². The smallest absolute Gasteiger partial charge is 0.261 e. The normalized spacial score (nSPS) is 11.1. The zero-order valence-corrected chi connectivity index (χ0v) is 14.3. The number of nitrogens with one attached hydrogen (secondary N) is 2. The first-order valence-corrected chi connectivity index (χ1v) is 8.87. The van der Waals surface area contributed by atoms with E-state index in [-0.39, 0.29) is 10.8 Å². The summed E-state index contributed by atoms with van der Waals surface area (Å²) in [6.07, 6.45) is 0. The van der Waals surface area contributed by atoms with E-state index in [0.29, 0.717) is 28.4 Å². The molecule has 2 rings (SSSR count). The van der Waals surface area contributed by atoms with E-state index in [1.165, 1.54) is 18.2 Å². The summed E-state index contributed by atoms with van der Waals surface area (Å²) in [4.78, 5) is 12.0. The summed E-state index contributed by atoms with van der Waals surface area (Å²) in [6, 6.07) is 10.9. The van der Waals surface area contributed by atoms with Gasteiger partial charge in [0.15, 0.2) is 0 Å². The van der Waals surface area contributed by atoms with Crippen molar-refractivity contribution in [2.75, 3.05) is 11.3 Å². The maximum atomic E-state index is 12.5. The van der Waals surface area contributed by atoms with Crippen molar-refractivity contribution in [2.45, 2.75) is 18.7 Å². The molecule has 0 fully saturated rings. The molecular weight excluding hydrogens is 336 g/mol. The number of anilines is 1. The summed E-state index contributed by atoms with van der Waals surface area (Å²) in [5, 5.41) is 3.09. The van der Waals surface area contributed by atoms with Crippen LogP contribution in [0.3, 0.4) is 0 Å². The van der Waals surface area contributed by atoms with E-state index < -0.39 is 10.0 Å². The molecule has 0 atom stereocenters. The first kappa shape index (κ1) is 17.3. The van der Waals surface area contributed by atoms with Gasteiger partial charge in [-0.2, -0.15) is 0 Å². The Morgan fingerprint density at radius 3 is 2.57 bits per heavy atom. The molecule has 0 saturated carbocycles. The van der Waals surface area contributed by atoms with E-state index in [0.717, 1.165) is 0 Å². The molecule has 0 aliphatic heterocycles. The molecular formula is C16H17ClN2O3S. The monoisotopic (exact) mass is 352 g/mol. The highest BCUT2D eigenvalue weighted by molar-refractivity contribution is 7.92. The lowest BCUT2D eigenvalue weighted by Gasteiger charge is -2.11. The number of carbonyl (C=O) groups excluding carboxylic acids is 1. The van der Waals surface area contributed by atoms with Crippen molar-refractivity contribution in [3.8, 4) is 0 Å². The van der Waals surface area contributed by atoms with E-state index in [2.05, 4.69) is 10.0 Å². The average Bonchev–Trinajstić information content (AvgIpc) is 2.47. The quantitative estimate of drug-likeness (QED) is 0.867. The molecule has 122 valence electrons. The number of amides is 1. The van der Waals surface area contributed by atoms with Gasteiger partial charge in [-0.05, 0) is 49.7 Å². The predicted molar refractivity (Wildman–Crippen MR) is 91.4 cm³/mol. The van der Waals surface area contributed by atoms with Crippen molar-refractivity contribution < 1.29 is 13.2 Å². The van der Waals surface area contributed by atoms with Gasteiger partial charge in [0.1, 0.15) is 0 Å². The van der Waals surface area contributed by atoms with Crippen molar-refractivity contribution in [2.24, 2.45) is 0 Å². The Kier molecular flexibility index (Phi) is 5.28. The van der Waals surface area contributed by atoms with E-state index in [9.17, 15) is 13.2 Å². The Labute approximate surface area is 140 Å². The molecule has 0 heterocycles. The van der Waals surface area contributed by atoms with Crippen LogP contribution in [-0.4, -0.2) is 20.9 Å². The third-order valence-corrected chi connectivity index (χ3v) is 4.79. The molecule has 2 aromatic carbocycles. The van der Waals surface area contributed by atoms with Gasteiger partial charge in [-0.15, -0.1) is 0 Å². The number of hydrogen-bond acceptors (Lipinski definition) is 3. The molecule has 2 aromatic rings. The molecule has 1 amide bonds. The van der Waals surface area contributed by atoms with Gasteiger partial charge in [0.2, 0.25) is 0 Å². The first-order chi connectivity index (χ1) is 10.8. The summed E-state index contributed by atoms with van der Waals surface area (Å²) in [5.41, 5.74) is 1.40. The zero-order valence-electron chi connectivity index (χ0n) is 12.8. The van der Waals surface area contributed by atoms with Crippen molar-refractivity contribution in [3.05, 3.63) is 58.6 Å². The fourth-order valence-corrected chi connectivity index (χ4v) is 3.30. The van der Waals surface area contributed by atoms with Crippen LogP contribution >= 0.6 is 11.6 Å². The highest BCUT2D eigenvalue weighted by Gasteiger charge is 2.18. The van der Waals surface area contributed by atoms with Gasteiger partial charge in [0.05, 0.1) is 10.6 Å². The van der Waals surface area contributed by atoms with Gasteiger partial charge in [0, 0.05) is 17.1 Å². The minimum Gasteiger partial charge on any atom is -0.352 e. The Balaban J connectivity index is 2.36. The number of benzene rings is 2.